The molecule has 0 fully saturated rings. The molecular formula is C18H28N6O4. The second-order valence-corrected chi connectivity index (χ2v) is 6.87. The third-order valence-corrected chi connectivity index (χ3v) is 4.53. The molecule has 154 valence electrons. The Morgan fingerprint density at radius 2 is 1.43 bits per heavy atom. The molecule has 4 N–H and O–H groups in total. The van der Waals surface area contributed by atoms with Crippen molar-refractivity contribution in [3.8, 4) is 0 Å². The molecule has 2 aromatic heterocycles. The largest absolute Gasteiger partial charge is 0.361 e. The molecule has 0 saturated heterocycles. The van der Waals surface area contributed by atoms with E-state index in [1.807, 2.05) is 0 Å². The van der Waals surface area contributed by atoms with E-state index in [0.717, 1.165) is 19.3 Å². The number of primary amides is 2. The van der Waals surface area contributed by atoms with Crippen molar-refractivity contribution < 1.29 is 18.6 Å². The number of aromatic nitrogens is 4. The van der Waals surface area contributed by atoms with Gasteiger partial charge in [0.05, 0.1) is 0 Å². The van der Waals surface area contributed by atoms with Gasteiger partial charge in [-0.2, -0.15) is 9.97 Å². The predicted octanol–water partition coefficient (Wildman–Crippen LogP) is 2.51. The van der Waals surface area contributed by atoms with Gasteiger partial charge in [-0.05, 0) is 6.42 Å². The fraction of sp³-hybridized carbons (Fsp3) is 0.667. The lowest BCUT2D eigenvalue weighted by atomic mass is 9.96. The normalized spacial score (nSPS) is 12.2. The number of nitrogens with two attached hydrogens (primary N) is 2. The summed E-state index contributed by atoms with van der Waals surface area (Å²) < 4.78 is 9.72. The van der Waals surface area contributed by atoms with Gasteiger partial charge in [0.2, 0.25) is 0 Å². The van der Waals surface area contributed by atoms with Crippen LogP contribution >= 0.6 is 0 Å². The summed E-state index contributed by atoms with van der Waals surface area (Å²) in [5.74, 6) is -1.54. The average Bonchev–Trinajstić information content (AvgIpc) is 3.32. The minimum atomic E-state index is -0.783. The van der Waals surface area contributed by atoms with Gasteiger partial charge in [0.1, 0.15) is 0 Å². The second kappa shape index (κ2) is 11.2. The standard InChI is InChI=1S/C18H28N6O4/c1-2-3-4-5-6-7-8-9-10-12(16-22-18(15(20)26)28-24-16)11-13-21-17(14(19)25)27-23-13/h12H,2-11H2,1H3,(H2,19,25)(H2,20,26). The van der Waals surface area contributed by atoms with Crippen molar-refractivity contribution in [1.29, 1.82) is 0 Å². The monoisotopic (exact) mass is 392 g/mol. The van der Waals surface area contributed by atoms with Crippen LogP contribution in [0.1, 0.15) is 104 Å². The van der Waals surface area contributed by atoms with Crippen LogP contribution in [0.5, 0.6) is 0 Å². The number of hydrogen-bond donors (Lipinski definition) is 2. The Labute approximate surface area is 163 Å². The molecule has 2 rings (SSSR count). The van der Waals surface area contributed by atoms with Crippen LogP contribution in [0.3, 0.4) is 0 Å². The van der Waals surface area contributed by atoms with E-state index in [1.165, 1.54) is 38.5 Å². The summed E-state index contributed by atoms with van der Waals surface area (Å²) in [6.07, 6.45) is 10.6. The fourth-order valence-electron chi connectivity index (χ4n) is 3.01. The van der Waals surface area contributed by atoms with Crippen molar-refractivity contribution in [3.63, 3.8) is 0 Å². The molecule has 10 nitrogen and oxygen atoms in total. The smallest absolute Gasteiger partial charge is 0.315 e. The van der Waals surface area contributed by atoms with Gasteiger partial charge in [-0.25, -0.2) is 0 Å². The van der Waals surface area contributed by atoms with E-state index in [4.69, 9.17) is 20.5 Å². The van der Waals surface area contributed by atoms with Gasteiger partial charge in [-0.1, -0.05) is 68.6 Å². The molecule has 1 unspecified atom stereocenters. The summed E-state index contributed by atoms with van der Waals surface area (Å²) >= 11 is 0. The van der Waals surface area contributed by atoms with Crippen molar-refractivity contribution in [2.75, 3.05) is 0 Å². The molecular weight excluding hydrogens is 364 g/mol. The van der Waals surface area contributed by atoms with Gasteiger partial charge in [-0.3, -0.25) is 9.59 Å². The number of carbonyl (C=O) groups is 2. The van der Waals surface area contributed by atoms with Crippen LogP contribution in [0.4, 0.5) is 0 Å². The van der Waals surface area contributed by atoms with E-state index in [2.05, 4.69) is 27.2 Å². The minimum absolute atomic E-state index is 0.185. The van der Waals surface area contributed by atoms with Crippen molar-refractivity contribution >= 4 is 11.8 Å². The molecule has 28 heavy (non-hydrogen) atoms. The zero-order valence-corrected chi connectivity index (χ0v) is 16.2. The summed E-state index contributed by atoms with van der Waals surface area (Å²) in [5, 5.41) is 7.63. The fourth-order valence-corrected chi connectivity index (χ4v) is 3.01. The number of amides is 2. The highest BCUT2D eigenvalue weighted by molar-refractivity contribution is 5.88. The van der Waals surface area contributed by atoms with Gasteiger partial charge < -0.3 is 20.5 Å². The molecule has 10 heteroatoms. The molecule has 0 aliphatic carbocycles. The van der Waals surface area contributed by atoms with E-state index < -0.39 is 11.8 Å². The lowest BCUT2D eigenvalue weighted by molar-refractivity contribution is 0.0951. The first-order valence-electron chi connectivity index (χ1n) is 9.77. The molecule has 0 spiro atoms. The van der Waals surface area contributed by atoms with E-state index in [9.17, 15) is 9.59 Å². The summed E-state index contributed by atoms with van der Waals surface area (Å²) in [7, 11) is 0. The van der Waals surface area contributed by atoms with E-state index in [0.29, 0.717) is 18.1 Å². The van der Waals surface area contributed by atoms with Crippen LogP contribution in [0.25, 0.3) is 0 Å². The summed E-state index contributed by atoms with van der Waals surface area (Å²) in [6.45, 7) is 2.21. The minimum Gasteiger partial charge on any atom is -0.361 e. The number of hydrogen-bond acceptors (Lipinski definition) is 8. The highest BCUT2D eigenvalue weighted by atomic mass is 16.5. The molecule has 2 heterocycles. The Hall–Kier alpha value is -2.78. The molecule has 2 aromatic rings. The summed E-state index contributed by atoms with van der Waals surface area (Å²) in [5.41, 5.74) is 10.3. The van der Waals surface area contributed by atoms with Crippen molar-refractivity contribution in [2.24, 2.45) is 11.5 Å². The van der Waals surface area contributed by atoms with Crippen molar-refractivity contribution in [1.82, 2.24) is 20.3 Å². The number of unbranched alkanes of at least 4 members (excludes halogenated alkanes) is 7. The Kier molecular flexibility index (Phi) is 8.57. The SMILES string of the molecule is CCCCCCCCCCC(Cc1noc(C(N)=O)n1)c1noc(C(N)=O)n1. The Morgan fingerprint density at radius 1 is 0.857 bits per heavy atom. The van der Waals surface area contributed by atoms with Crippen LogP contribution in [-0.2, 0) is 6.42 Å². The molecule has 0 saturated carbocycles. The lowest BCUT2D eigenvalue weighted by Gasteiger charge is -2.10. The maximum absolute atomic E-state index is 11.2. The van der Waals surface area contributed by atoms with Gasteiger partial charge in [0, 0.05) is 12.3 Å². The van der Waals surface area contributed by atoms with Crippen LogP contribution in [-0.4, -0.2) is 32.1 Å². The quantitative estimate of drug-likeness (QED) is 0.463. The first-order chi connectivity index (χ1) is 13.5. The maximum Gasteiger partial charge on any atom is 0.315 e. The average molecular weight is 392 g/mol. The predicted molar refractivity (Wildman–Crippen MR) is 99.3 cm³/mol. The number of rotatable bonds is 14. The summed E-state index contributed by atoms with van der Waals surface area (Å²) in [6, 6.07) is 0. The highest BCUT2D eigenvalue weighted by Gasteiger charge is 2.23. The number of carbonyl (C=O) groups excluding carboxylic acids is 2. The van der Waals surface area contributed by atoms with Gasteiger partial charge in [0.25, 0.3) is 0 Å². The molecule has 0 aliphatic heterocycles. The first-order valence-corrected chi connectivity index (χ1v) is 9.77. The van der Waals surface area contributed by atoms with Gasteiger partial charge in [0.15, 0.2) is 11.6 Å². The molecule has 0 aliphatic rings. The Balaban J connectivity index is 1.92. The van der Waals surface area contributed by atoms with Crippen LogP contribution in [0.2, 0.25) is 0 Å². The number of nitrogens with zero attached hydrogens (tertiary/aromatic N) is 4. The molecule has 0 radical (unpaired) electrons. The lowest BCUT2D eigenvalue weighted by Crippen LogP contribution is -2.13. The van der Waals surface area contributed by atoms with Crippen LogP contribution in [0.15, 0.2) is 9.05 Å². The maximum atomic E-state index is 11.2. The molecule has 0 bridgehead atoms. The third-order valence-electron chi connectivity index (χ3n) is 4.53. The van der Waals surface area contributed by atoms with Gasteiger partial charge >= 0.3 is 23.6 Å². The van der Waals surface area contributed by atoms with Crippen LogP contribution in [0, 0.1) is 0 Å². The van der Waals surface area contributed by atoms with Crippen molar-refractivity contribution in [3.05, 3.63) is 23.4 Å². The van der Waals surface area contributed by atoms with Gasteiger partial charge in [-0.15, -0.1) is 0 Å². The summed E-state index contributed by atoms with van der Waals surface area (Å²) in [4.78, 5) is 30.4. The first kappa shape index (κ1) is 21.5. The molecule has 0 aromatic carbocycles. The van der Waals surface area contributed by atoms with Crippen LogP contribution < -0.4 is 11.5 Å². The molecule has 1 atom stereocenters. The van der Waals surface area contributed by atoms with E-state index in [1.54, 1.807) is 0 Å². The van der Waals surface area contributed by atoms with Crippen molar-refractivity contribution in [2.45, 2.75) is 77.0 Å². The zero-order valence-electron chi connectivity index (χ0n) is 16.2. The third kappa shape index (κ3) is 6.75. The second-order valence-electron chi connectivity index (χ2n) is 6.87. The van der Waals surface area contributed by atoms with E-state index >= 15 is 0 Å². The zero-order chi connectivity index (χ0) is 20.4. The highest BCUT2D eigenvalue weighted by Crippen LogP contribution is 2.24. The Morgan fingerprint density at radius 3 is 2.00 bits per heavy atom. The van der Waals surface area contributed by atoms with E-state index in [-0.39, 0.29) is 17.7 Å². The molecule has 2 amide bonds. The topological polar surface area (TPSA) is 164 Å². The Bertz CT molecular complexity index is 757.